The second-order valence-electron chi connectivity index (χ2n) is 7.37. The first-order valence-corrected chi connectivity index (χ1v) is 13.0. The Balaban J connectivity index is 2.16. The Morgan fingerprint density at radius 1 is 1.28 bits per heavy atom. The van der Waals surface area contributed by atoms with Gasteiger partial charge >= 0.3 is 5.97 Å². The van der Waals surface area contributed by atoms with Gasteiger partial charge in [-0.2, -0.15) is 0 Å². The number of fused-ring (bicyclic) bond motifs is 1. The van der Waals surface area contributed by atoms with Gasteiger partial charge in [0.2, 0.25) is 10.0 Å². The van der Waals surface area contributed by atoms with Crippen LogP contribution in [0.4, 0.5) is 11.4 Å². The molecule has 1 aliphatic heterocycles. The van der Waals surface area contributed by atoms with E-state index in [1.165, 1.54) is 17.8 Å². The Labute approximate surface area is 193 Å². The van der Waals surface area contributed by atoms with Crippen LogP contribution in [0.5, 0.6) is 5.75 Å². The minimum Gasteiger partial charge on any atom is -0.478 e. The molecule has 9 heteroatoms. The molecular weight excluding hydrogens is 448 g/mol. The van der Waals surface area contributed by atoms with Crippen molar-refractivity contribution in [3.63, 3.8) is 0 Å². The Bertz CT molecular complexity index is 1070. The smallest absolute Gasteiger partial charge is 0.331 e. The topological polar surface area (TPSA) is 95.9 Å². The number of benzene rings is 2. The van der Waals surface area contributed by atoms with E-state index in [0.29, 0.717) is 18.0 Å². The zero-order valence-electron chi connectivity index (χ0n) is 18.2. The Morgan fingerprint density at radius 2 is 2.03 bits per heavy atom. The molecule has 0 unspecified atom stereocenters. The molecule has 0 aliphatic carbocycles. The molecule has 172 valence electrons. The van der Waals surface area contributed by atoms with Crippen LogP contribution in [0, 0.1) is 0 Å². The molecule has 32 heavy (non-hydrogen) atoms. The monoisotopic (exact) mass is 476 g/mol. The average molecular weight is 477 g/mol. The van der Waals surface area contributed by atoms with Crippen LogP contribution in [0.3, 0.4) is 0 Å². The quantitative estimate of drug-likeness (QED) is 0.306. The summed E-state index contributed by atoms with van der Waals surface area (Å²) in [7, 11) is -3.82. The predicted molar refractivity (Wildman–Crippen MR) is 127 cm³/mol. The second-order valence-corrected chi connectivity index (χ2v) is 10.4. The van der Waals surface area contributed by atoms with Crippen LogP contribution in [0.15, 0.2) is 64.6 Å². The summed E-state index contributed by atoms with van der Waals surface area (Å²) in [5.41, 5.74) is 1.48. The number of aliphatic carboxylic acids is 1. The molecule has 1 heterocycles. The van der Waals surface area contributed by atoms with Crippen LogP contribution in [0.25, 0.3) is 0 Å². The van der Waals surface area contributed by atoms with E-state index in [2.05, 4.69) is 11.6 Å². The van der Waals surface area contributed by atoms with Crippen molar-refractivity contribution in [3.05, 3.63) is 54.8 Å². The molecule has 2 aromatic rings. The van der Waals surface area contributed by atoms with E-state index in [4.69, 9.17) is 9.84 Å². The maximum absolute atomic E-state index is 13.3. The van der Waals surface area contributed by atoms with Gasteiger partial charge in [0.15, 0.2) is 0 Å². The van der Waals surface area contributed by atoms with Crippen molar-refractivity contribution in [3.8, 4) is 5.75 Å². The van der Waals surface area contributed by atoms with Gasteiger partial charge in [0.1, 0.15) is 10.6 Å². The Morgan fingerprint density at radius 3 is 2.69 bits per heavy atom. The van der Waals surface area contributed by atoms with Crippen LogP contribution >= 0.6 is 11.8 Å². The van der Waals surface area contributed by atoms with Crippen LogP contribution in [-0.4, -0.2) is 37.8 Å². The van der Waals surface area contributed by atoms with Gasteiger partial charge in [-0.3, -0.25) is 0 Å². The summed E-state index contributed by atoms with van der Waals surface area (Å²) < 4.78 is 35.1. The molecule has 0 fully saturated rings. The standard InChI is InChI=1S/C23H28N2O5S2/c1-3-5-9-17-16-25(18-10-7-6-8-11-18)19-14-21(31-4-2)20(30-13-12-23(26)27)15-22(19)32(28,29)24-17/h6-8,10-15,17,24H,3-5,9,16H2,1-2H3,(H,26,27)/b13-12+/t17-/m1/s1. The third kappa shape index (κ3) is 5.85. The first-order chi connectivity index (χ1) is 15.4. The summed E-state index contributed by atoms with van der Waals surface area (Å²) in [6.45, 7) is 4.57. The molecule has 0 spiro atoms. The summed E-state index contributed by atoms with van der Waals surface area (Å²) in [6.07, 6.45) is 4.54. The number of anilines is 2. The third-order valence-corrected chi connectivity index (χ3v) is 7.48. The zero-order chi connectivity index (χ0) is 23.1. The molecule has 1 aliphatic rings. The third-order valence-electron chi connectivity index (χ3n) is 5.01. The van der Waals surface area contributed by atoms with Gasteiger partial charge < -0.3 is 14.7 Å². The zero-order valence-corrected chi connectivity index (χ0v) is 19.8. The Kier molecular flexibility index (Phi) is 8.22. The number of carboxylic acid groups (broad SMARTS) is 1. The predicted octanol–water partition coefficient (Wildman–Crippen LogP) is 4.76. The number of para-hydroxylation sites is 1. The van der Waals surface area contributed by atoms with E-state index in [-0.39, 0.29) is 10.9 Å². The fraction of sp³-hybridized carbons (Fsp3) is 0.348. The Hall–Kier alpha value is -2.49. The van der Waals surface area contributed by atoms with Crippen molar-refractivity contribution in [2.75, 3.05) is 17.2 Å². The lowest BCUT2D eigenvalue weighted by Crippen LogP contribution is -2.39. The molecule has 7 nitrogen and oxygen atoms in total. The van der Waals surface area contributed by atoms with E-state index in [0.717, 1.165) is 47.9 Å². The summed E-state index contributed by atoms with van der Waals surface area (Å²) >= 11 is 1.50. The highest BCUT2D eigenvalue weighted by atomic mass is 32.2. The van der Waals surface area contributed by atoms with Gasteiger partial charge in [-0.1, -0.05) is 44.9 Å². The first-order valence-electron chi connectivity index (χ1n) is 10.6. The number of hydrogen-bond acceptors (Lipinski definition) is 6. The highest BCUT2D eigenvalue weighted by molar-refractivity contribution is 7.99. The second kappa shape index (κ2) is 10.9. The van der Waals surface area contributed by atoms with E-state index in [1.807, 2.05) is 48.2 Å². The lowest BCUT2D eigenvalue weighted by Gasteiger charge is -2.27. The van der Waals surface area contributed by atoms with E-state index in [1.54, 1.807) is 0 Å². The number of ether oxygens (including phenoxy) is 1. The number of carbonyl (C=O) groups is 1. The number of thioether (sulfide) groups is 1. The molecule has 2 N–H and O–H groups in total. The van der Waals surface area contributed by atoms with Crippen molar-refractivity contribution >= 4 is 39.1 Å². The molecule has 0 radical (unpaired) electrons. The van der Waals surface area contributed by atoms with Crippen molar-refractivity contribution in [2.45, 2.75) is 48.9 Å². The number of nitrogens with one attached hydrogen (secondary N) is 1. The highest BCUT2D eigenvalue weighted by Gasteiger charge is 2.33. The van der Waals surface area contributed by atoms with Gasteiger partial charge in [0.25, 0.3) is 0 Å². The van der Waals surface area contributed by atoms with E-state index in [9.17, 15) is 13.2 Å². The van der Waals surface area contributed by atoms with Crippen LogP contribution in [0.1, 0.15) is 33.1 Å². The SMILES string of the molecule is CCCC[C@@H]1CN(c2ccccc2)c2cc(SCC)c(O/C=C/C(=O)O)cc2S(=O)(=O)N1. The maximum atomic E-state index is 13.3. The van der Waals surface area contributed by atoms with E-state index >= 15 is 0 Å². The lowest BCUT2D eigenvalue weighted by atomic mass is 10.1. The molecule has 0 saturated carbocycles. The van der Waals surface area contributed by atoms with Crippen molar-refractivity contribution in [2.24, 2.45) is 0 Å². The van der Waals surface area contributed by atoms with Gasteiger partial charge in [-0.15, -0.1) is 11.8 Å². The van der Waals surface area contributed by atoms with Gasteiger partial charge in [0.05, 0.1) is 22.9 Å². The summed E-state index contributed by atoms with van der Waals surface area (Å²) in [5.74, 6) is -0.0981. The molecule has 3 rings (SSSR count). The minimum absolute atomic E-state index is 0.111. The number of rotatable bonds is 9. The van der Waals surface area contributed by atoms with Gasteiger partial charge in [-0.05, 0) is 30.4 Å². The fourth-order valence-corrected chi connectivity index (χ4v) is 5.79. The number of hydrogen-bond donors (Lipinski definition) is 2. The molecular formula is C23H28N2O5S2. The number of unbranched alkanes of at least 4 members (excludes halogenated alkanes) is 1. The van der Waals surface area contributed by atoms with E-state index < -0.39 is 16.0 Å². The fourth-order valence-electron chi connectivity index (χ4n) is 3.57. The highest BCUT2D eigenvalue weighted by Crippen LogP contribution is 2.42. The maximum Gasteiger partial charge on any atom is 0.331 e. The molecule has 0 aromatic heterocycles. The molecule has 0 amide bonds. The van der Waals surface area contributed by atoms with Crippen molar-refractivity contribution in [1.29, 1.82) is 0 Å². The molecule has 0 saturated heterocycles. The number of carboxylic acids is 1. The number of nitrogens with zero attached hydrogens (tertiary/aromatic N) is 1. The summed E-state index contributed by atoms with van der Waals surface area (Å²) in [5, 5.41) is 8.85. The normalized spacial score (nSPS) is 17.7. The molecule has 1 atom stereocenters. The van der Waals surface area contributed by atoms with Crippen molar-refractivity contribution < 1.29 is 23.1 Å². The lowest BCUT2D eigenvalue weighted by molar-refractivity contribution is -0.131. The average Bonchev–Trinajstić information content (AvgIpc) is 2.86. The minimum atomic E-state index is -3.82. The van der Waals surface area contributed by atoms with Crippen molar-refractivity contribution in [1.82, 2.24) is 4.72 Å². The molecule has 0 bridgehead atoms. The number of sulfonamides is 1. The largest absolute Gasteiger partial charge is 0.478 e. The summed E-state index contributed by atoms with van der Waals surface area (Å²) in [4.78, 5) is 13.7. The van der Waals surface area contributed by atoms with Gasteiger partial charge in [-0.25, -0.2) is 17.9 Å². The molecule has 2 aromatic carbocycles. The first kappa shape index (κ1) is 24.2. The van der Waals surface area contributed by atoms with Crippen LogP contribution in [0.2, 0.25) is 0 Å². The van der Waals surface area contributed by atoms with Gasteiger partial charge in [0, 0.05) is 24.3 Å². The summed E-state index contributed by atoms with van der Waals surface area (Å²) in [6, 6.07) is 12.8. The van der Waals surface area contributed by atoms with Crippen LogP contribution < -0.4 is 14.4 Å². The van der Waals surface area contributed by atoms with Crippen LogP contribution in [-0.2, 0) is 14.8 Å².